The summed E-state index contributed by atoms with van der Waals surface area (Å²) in [6.07, 6.45) is -0.576. The highest BCUT2D eigenvalue weighted by atomic mass is 28.3. The second kappa shape index (κ2) is 4.12. The van der Waals surface area contributed by atoms with Crippen molar-refractivity contribution in [3.63, 3.8) is 0 Å². The van der Waals surface area contributed by atoms with E-state index in [4.69, 9.17) is 10.2 Å². The van der Waals surface area contributed by atoms with Crippen molar-refractivity contribution in [1.29, 1.82) is 0 Å². The average Bonchev–Trinajstić information content (AvgIpc) is 1.98. The molecule has 16 heavy (non-hydrogen) atoms. The van der Waals surface area contributed by atoms with Gasteiger partial charge in [-0.05, 0) is 5.04 Å². The molecule has 0 aromatic carbocycles. The zero-order valence-corrected chi connectivity index (χ0v) is 11.8. The van der Waals surface area contributed by atoms with Gasteiger partial charge in [-0.1, -0.05) is 33.9 Å². The van der Waals surface area contributed by atoms with Crippen molar-refractivity contribution < 1.29 is 15.0 Å². The molecular formula is C11H23NO3Si. The quantitative estimate of drug-likeness (QED) is 0.447. The minimum atomic E-state index is -1.85. The van der Waals surface area contributed by atoms with Crippen LogP contribution in [0.25, 0.3) is 0 Å². The van der Waals surface area contributed by atoms with Crippen LogP contribution in [-0.2, 0) is 4.79 Å². The lowest BCUT2D eigenvalue weighted by molar-refractivity contribution is -0.143. The Kier molecular flexibility index (Phi) is 3.52. The molecule has 1 saturated heterocycles. The summed E-state index contributed by atoms with van der Waals surface area (Å²) in [6.45, 7) is 10.8. The SMILES string of the molecule is CC(C)(C)[Si](C)(C)N1C(=O)CC1CC(O)O. The van der Waals surface area contributed by atoms with Gasteiger partial charge in [0.15, 0.2) is 14.5 Å². The first-order valence-corrected chi connectivity index (χ1v) is 8.70. The average molecular weight is 245 g/mol. The highest BCUT2D eigenvalue weighted by Crippen LogP contribution is 2.43. The molecule has 0 radical (unpaired) electrons. The van der Waals surface area contributed by atoms with Crippen molar-refractivity contribution in [3.05, 3.63) is 0 Å². The Hall–Kier alpha value is -0.393. The molecule has 2 N–H and O–H groups in total. The zero-order chi connectivity index (χ0) is 12.7. The van der Waals surface area contributed by atoms with E-state index in [9.17, 15) is 4.79 Å². The topological polar surface area (TPSA) is 60.8 Å². The van der Waals surface area contributed by atoms with Gasteiger partial charge in [0, 0.05) is 18.9 Å². The number of β-lactam (4-membered cyclic amide) rings is 1. The fourth-order valence-corrected chi connectivity index (χ4v) is 4.59. The number of aliphatic hydroxyl groups excluding tert-OH is 1. The summed E-state index contributed by atoms with van der Waals surface area (Å²) in [4.78, 5) is 11.7. The fourth-order valence-electron chi connectivity index (χ4n) is 2.04. The molecule has 0 saturated carbocycles. The largest absolute Gasteiger partial charge is 0.368 e. The normalized spacial score (nSPS) is 22.6. The lowest BCUT2D eigenvalue weighted by Gasteiger charge is -2.55. The number of hydrogen-bond acceptors (Lipinski definition) is 3. The van der Waals surface area contributed by atoms with Crippen molar-refractivity contribution >= 4 is 14.1 Å². The van der Waals surface area contributed by atoms with Crippen molar-refractivity contribution in [2.75, 3.05) is 0 Å². The van der Waals surface area contributed by atoms with Crippen LogP contribution in [0.5, 0.6) is 0 Å². The highest BCUT2D eigenvalue weighted by molar-refractivity contribution is 6.79. The third-order valence-electron chi connectivity index (χ3n) is 3.96. The van der Waals surface area contributed by atoms with Crippen molar-refractivity contribution in [1.82, 2.24) is 4.57 Å². The van der Waals surface area contributed by atoms with Gasteiger partial charge in [-0.25, -0.2) is 0 Å². The number of carbonyl (C=O) groups excluding carboxylic acids is 1. The predicted octanol–water partition coefficient (Wildman–Crippen LogP) is 1.29. The standard InChI is InChI=1S/C11H23NO3Si/c1-11(2,3)16(4,5)12-8(6-9(12)13)7-10(14)15/h8,10,14-15H,6-7H2,1-5H3. The molecule has 0 aromatic heterocycles. The molecule has 1 aliphatic heterocycles. The Morgan fingerprint density at radius 1 is 1.44 bits per heavy atom. The summed E-state index contributed by atoms with van der Waals surface area (Å²) in [7, 11) is -1.85. The summed E-state index contributed by atoms with van der Waals surface area (Å²) in [5.74, 6) is 0.164. The van der Waals surface area contributed by atoms with Gasteiger partial charge in [0.25, 0.3) is 0 Å². The molecule has 1 rings (SSSR count). The summed E-state index contributed by atoms with van der Waals surface area (Å²) in [5, 5.41) is 18.1. The number of rotatable bonds is 3. The van der Waals surface area contributed by atoms with Crippen LogP contribution < -0.4 is 0 Å². The van der Waals surface area contributed by atoms with E-state index in [0.717, 1.165) is 0 Å². The lowest BCUT2D eigenvalue weighted by Crippen LogP contribution is -2.68. The summed E-state index contributed by atoms with van der Waals surface area (Å²) in [6, 6.07) is 0.0217. The van der Waals surface area contributed by atoms with Crippen LogP contribution in [0.15, 0.2) is 0 Å². The molecule has 1 heterocycles. The number of aliphatic hydroxyl groups is 2. The van der Waals surface area contributed by atoms with Gasteiger partial charge in [-0.3, -0.25) is 4.79 Å². The minimum absolute atomic E-state index is 0.0217. The molecule has 0 aliphatic carbocycles. The van der Waals surface area contributed by atoms with Gasteiger partial charge < -0.3 is 14.8 Å². The number of hydrogen-bond donors (Lipinski definition) is 2. The van der Waals surface area contributed by atoms with Gasteiger partial charge in [0.1, 0.15) is 0 Å². The summed E-state index contributed by atoms with van der Waals surface area (Å²) in [5.41, 5.74) is 0. The summed E-state index contributed by atoms with van der Waals surface area (Å²) < 4.78 is 1.94. The second-order valence-electron chi connectivity index (χ2n) is 6.15. The van der Waals surface area contributed by atoms with E-state index in [1.165, 1.54) is 0 Å². The number of nitrogens with zero attached hydrogens (tertiary/aromatic N) is 1. The third-order valence-corrected chi connectivity index (χ3v) is 9.45. The zero-order valence-electron chi connectivity index (χ0n) is 10.8. The molecule has 0 spiro atoms. The van der Waals surface area contributed by atoms with Crippen LogP contribution in [0.3, 0.4) is 0 Å². The monoisotopic (exact) mass is 245 g/mol. The first kappa shape index (κ1) is 13.7. The molecular weight excluding hydrogens is 222 g/mol. The molecule has 1 aliphatic rings. The van der Waals surface area contributed by atoms with Crippen LogP contribution in [0.4, 0.5) is 0 Å². The minimum Gasteiger partial charge on any atom is -0.368 e. The van der Waals surface area contributed by atoms with E-state index in [2.05, 4.69) is 33.9 Å². The predicted molar refractivity (Wildman–Crippen MR) is 65.3 cm³/mol. The maximum absolute atomic E-state index is 11.7. The summed E-state index contributed by atoms with van der Waals surface area (Å²) >= 11 is 0. The smallest absolute Gasteiger partial charge is 0.216 e. The molecule has 94 valence electrons. The van der Waals surface area contributed by atoms with Crippen LogP contribution in [-0.4, -0.2) is 41.3 Å². The van der Waals surface area contributed by atoms with Gasteiger partial charge in [0.05, 0.1) is 0 Å². The van der Waals surface area contributed by atoms with E-state index in [0.29, 0.717) is 6.42 Å². The maximum Gasteiger partial charge on any atom is 0.216 e. The molecule has 0 aromatic rings. The van der Waals surface area contributed by atoms with E-state index in [-0.39, 0.29) is 23.4 Å². The first-order valence-electron chi connectivity index (χ1n) is 5.75. The lowest BCUT2D eigenvalue weighted by atomic mass is 10.0. The van der Waals surface area contributed by atoms with Gasteiger partial charge in [0.2, 0.25) is 5.91 Å². The Morgan fingerprint density at radius 3 is 2.25 bits per heavy atom. The van der Waals surface area contributed by atoms with E-state index in [1.54, 1.807) is 0 Å². The van der Waals surface area contributed by atoms with E-state index < -0.39 is 14.5 Å². The number of amides is 1. The van der Waals surface area contributed by atoms with Crippen LogP contribution >= 0.6 is 0 Å². The van der Waals surface area contributed by atoms with E-state index in [1.807, 2.05) is 4.57 Å². The molecule has 1 unspecified atom stereocenters. The Labute approximate surface area is 98.4 Å². The molecule has 1 fully saturated rings. The fraction of sp³-hybridized carbons (Fsp3) is 0.909. The molecule has 1 amide bonds. The van der Waals surface area contributed by atoms with E-state index >= 15 is 0 Å². The van der Waals surface area contributed by atoms with Crippen LogP contribution in [0.2, 0.25) is 18.1 Å². The van der Waals surface area contributed by atoms with Crippen molar-refractivity contribution in [2.45, 2.75) is 64.1 Å². The van der Waals surface area contributed by atoms with Gasteiger partial charge in [-0.15, -0.1) is 0 Å². The molecule has 0 bridgehead atoms. The Balaban J connectivity index is 2.81. The van der Waals surface area contributed by atoms with Crippen molar-refractivity contribution in [3.8, 4) is 0 Å². The Morgan fingerprint density at radius 2 is 1.94 bits per heavy atom. The molecule has 1 atom stereocenters. The maximum atomic E-state index is 11.7. The second-order valence-corrected chi connectivity index (χ2v) is 11.2. The first-order chi connectivity index (χ1) is 7.07. The van der Waals surface area contributed by atoms with Crippen LogP contribution in [0, 0.1) is 0 Å². The Bertz CT molecular complexity index is 283. The van der Waals surface area contributed by atoms with Crippen molar-refractivity contribution in [2.24, 2.45) is 0 Å². The number of carbonyl (C=O) groups is 1. The van der Waals surface area contributed by atoms with Gasteiger partial charge >= 0.3 is 0 Å². The van der Waals surface area contributed by atoms with Crippen LogP contribution in [0.1, 0.15) is 33.6 Å². The third kappa shape index (κ3) is 2.31. The highest BCUT2D eigenvalue weighted by Gasteiger charge is 2.51. The van der Waals surface area contributed by atoms with Gasteiger partial charge in [-0.2, -0.15) is 0 Å². The molecule has 4 nitrogen and oxygen atoms in total. The molecule has 5 heteroatoms.